The Hall–Kier alpha value is -8.32. The molecule has 4 aliphatic heterocycles. The van der Waals surface area contributed by atoms with Crippen molar-refractivity contribution in [2.75, 3.05) is 37.7 Å². The van der Waals surface area contributed by atoms with Gasteiger partial charge in [0.05, 0.1) is 52.9 Å². The minimum absolute atomic E-state index is 0.0115. The van der Waals surface area contributed by atoms with E-state index in [1.54, 1.807) is 24.8 Å². The molecule has 2 aromatic heterocycles. The number of nitrogens with zero attached hydrogens (tertiary/aromatic N) is 4. The van der Waals surface area contributed by atoms with Gasteiger partial charge in [0.15, 0.2) is 5.60 Å². The fourth-order valence-corrected chi connectivity index (χ4v) is 15.3. The highest BCUT2D eigenvalue weighted by Crippen LogP contribution is 2.49. The number of nitrogens with one attached hydrogen (secondary N) is 4. The van der Waals surface area contributed by atoms with Gasteiger partial charge in [-0.3, -0.25) is 33.6 Å². The number of hydrogen-bond acceptors (Lipinski definition) is 13. The quantitative estimate of drug-likeness (QED) is 0.0199. The molecule has 1 spiro atoms. The summed E-state index contributed by atoms with van der Waals surface area (Å²) in [5.74, 6) is 3.30. The molecule has 4 atom stereocenters. The zero-order valence-electron chi connectivity index (χ0n) is 57.4. The van der Waals surface area contributed by atoms with E-state index < -0.39 is 63.9 Å². The third kappa shape index (κ3) is 14.5. The third-order valence-electron chi connectivity index (χ3n) is 21.6. The number of likely N-dealkylation sites (tertiary alicyclic amines) is 1. The minimum Gasteiger partial charge on any atom is -0.458 e. The molecule has 20 nitrogen and oxygen atoms in total. The number of aliphatic hydroxyl groups is 1. The standard InChI is InChI=1S/C76H94FN9O11/c1-9-76(95)54-40-60-66-52(43-86(60)70(92)53(54)44-96-72(76)94)64-56(24-23-51-46(4)55(77)41-58(80-66)63(51)64)81-68(90)57(19-14-15-35-78)82-69(91)65(45(2)3)83-61(87)27-29-74(7,8)97-39-34-73(5,6)71(93)84-37-32-75(33-38-84)30-25-49(26-31-75)67(89)79-36-28-62(88)85-42-50-18-11-10-16-47(50)21-22-48-17-12-13-20-59(48)85/h10-13,16-18,20,40-41,45,49,56-57,65,95H,9,14-15,19,23-39,42-44,78H2,1-8H3,(H,79,89)(H,81,90)(H,82,91)(H,83,87). The number of hydrogen-bond donors (Lipinski definition) is 6. The van der Waals surface area contributed by atoms with E-state index in [9.17, 15) is 43.5 Å². The molecule has 6 amide bonds. The molecule has 0 bridgehead atoms. The van der Waals surface area contributed by atoms with Gasteiger partial charge in [0.25, 0.3) is 5.56 Å². The third-order valence-corrected chi connectivity index (χ3v) is 21.6. The number of esters is 1. The molecule has 6 aliphatic rings. The number of piperidine rings is 1. The predicted molar refractivity (Wildman–Crippen MR) is 366 cm³/mol. The highest BCUT2D eigenvalue weighted by Gasteiger charge is 2.47. The number of carbonyl (C=O) groups excluding carboxylic acids is 7. The number of ether oxygens (including phenoxy) is 2. The number of carbonyl (C=O) groups is 7. The molecule has 516 valence electrons. The maximum Gasteiger partial charge on any atom is 0.343 e. The van der Waals surface area contributed by atoms with Gasteiger partial charge in [-0.05, 0) is 175 Å². The van der Waals surface area contributed by atoms with Gasteiger partial charge in [0, 0.05) is 84.1 Å². The Morgan fingerprint density at radius 1 is 0.866 bits per heavy atom. The van der Waals surface area contributed by atoms with E-state index in [0.29, 0.717) is 104 Å². The van der Waals surface area contributed by atoms with Crippen molar-refractivity contribution in [2.45, 2.75) is 207 Å². The van der Waals surface area contributed by atoms with Gasteiger partial charge in [0.2, 0.25) is 35.4 Å². The van der Waals surface area contributed by atoms with Crippen LogP contribution in [0.2, 0.25) is 0 Å². The van der Waals surface area contributed by atoms with Gasteiger partial charge in [0.1, 0.15) is 24.5 Å². The first-order valence-electron chi connectivity index (χ1n) is 34.9. The van der Waals surface area contributed by atoms with Crippen molar-refractivity contribution in [3.8, 4) is 23.2 Å². The summed E-state index contributed by atoms with van der Waals surface area (Å²) in [7, 11) is 0. The molecule has 3 aromatic carbocycles. The average Bonchev–Trinajstić information content (AvgIpc) is 1.60. The number of rotatable bonds is 23. The Balaban J connectivity index is 0.643. The van der Waals surface area contributed by atoms with Crippen LogP contribution in [0.5, 0.6) is 0 Å². The number of fused-ring (bicyclic) bond motifs is 7. The zero-order valence-corrected chi connectivity index (χ0v) is 57.4. The van der Waals surface area contributed by atoms with Gasteiger partial charge in [-0.15, -0.1) is 0 Å². The Morgan fingerprint density at radius 3 is 2.30 bits per heavy atom. The van der Waals surface area contributed by atoms with Crippen molar-refractivity contribution in [1.29, 1.82) is 0 Å². The average molecular weight is 1330 g/mol. The number of benzene rings is 3. The van der Waals surface area contributed by atoms with Gasteiger partial charge >= 0.3 is 5.97 Å². The van der Waals surface area contributed by atoms with Crippen LogP contribution in [0, 0.1) is 47.2 Å². The molecule has 4 unspecified atom stereocenters. The highest BCUT2D eigenvalue weighted by molar-refractivity contribution is 5.97. The first-order chi connectivity index (χ1) is 46.3. The van der Waals surface area contributed by atoms with Crippen LogP contribution in [0.25, 0.3) is 22.3 Å². The van der Waals surface area contributed by atoms with Crippen molar-refractivity contribution in [1.82, 2.24) is 35.7 Å². The number of amides is 6. The summed E-state index contributed by atoms with van der Waals surface area (Å²) in [6, 6.07) is 15.8. The summed E-state index contributed by atoms with van der Waals surface area (Å²) in [5, 5.41) is 24.4. The first-order valence-corrected chi connectivity index (χ1v) is 34.9. The first kappa shape index (κ1) is 70.0. The SMILES string of the molecule is CCC1(O)C(=O)OCc2c1cc1n(c2=O)Cc2c-1nc1cc(F)c(C)c3c1c2C(NC(=O)C(CCCCN)NC(=O)C(NC(=O)CCC(C)(C)OCCC(C)(C)C(=O)N1CCC2(CCC(C(=O)NCCC(=O)N4Cc5ccccc5C#Cc5ccccc54)CC2)CC1)C(C)C)CC3. The maximum absolute atomic E-state index is 15.7. The monoisotopic (exact) mass is 1330 g/mol. The van der Waals surface area contributed by atoms with Crippen LogP contribution in [0.1, 0.15) is 201 Å². The van der Waals surface area contributed by atoms with E-state index in [4.69, 9.17) is 20.2 Å². The van der Waals surface area contributed by atoms with Gasteiger partial charge in [-0.2, -0.15) is 0 Å². The fourth-order valence-electron chi connectivity index (χ4n) is 15.3. The van der Waals surface area contributed by atoms with Gasteiger partial charge in [-0.1, -0.05) is 76.8 Å². The second kappa shape index (κ2) is 28.6. The molecule has 6 heterocycles. The van der Waals surface area contributed by atoms with E-state index in [1.807, 2.05) is 95.0 Å². The summed E-state index contributed by atoms with van der Waals surface area (Å²) in [4.78, 5) is 120. The Morgan fingerprint density at radius 2 is 1.58 bits per heavy atom. The van der Waals surface area contributed by atoms with Gasteiger partial charge in [-0.25, -0.2) is 14.2 Å². The summed E-state index contributed by atoms with van der Waals surface area (Å²) >= 11 is 0. The molecule has 2 aliphatic carbocycles. The lowest BCUT2D eigenvalue weighted by Crippen LogP contribution is -2.55. The van der Waals surface area contributed by atoms with E-state index in [-0.39, 0.29) is 104 Å². The van der Waals surface area contributed by atoms with Crippen LogP contribution in [-0.4, -0.2) is 111 Å². The number of halogens is 1. The Kier molecular flexibility index (Phi) is 20.7. The lowest BCUT2D eigenvalue weighted by Gasteiger charge is -2.47. The number of unbranched alkanes of at least 4 members (excludes halogenated alkanes) is 1. The summed E-state index contributed by atoms with van der Waals surface area (Å²) in [5.41, 5.74) is 9.26. The molecule has 0 radical (unpaired) electrons. The minimum atomic E-state index is -2.06. The van der Waals surface area contributed by atoms with Crippen LogP contribution in [0.4, 0.5) is 10.1 Å². The number of aryl methyl sites for hydroxylation is 1. The van der Waals surface area contributed by atoms with Crippen LogP contribution in [-0.2, 0) is 74.8 Å². The number of cyclic esters (lactones) is 1. The second-order valence-corrected chi connectivity index (χ2v) is 29.3. The number of para-hydroxylation sites is 1. The molecular formula is C76H94FN9O11. The molecule has 5 aromatic rings. The number of aromatic nitrogens is 2. The van der Waals surface area contributed by atoms with Crippen molar-refractivity contribution in [3.63, 3.8) is 0 Å². The van der Waals surface area contributed by atoms with E-state index in [2.05, 4.69) is 33.1 Å². The molecule has 2 fully saturated rings. The van der Waals surface area contributed by atoms with Crippen LogP contribution in [0.3, 0.4) is 0 Å². The molecule has 97 heavy (non-hydrogen) atoms. The zero-order chi connectivity index (χ0) is 69.3. The van der Waals surface area contributed by atoms with Crippen molar-refractivity contribution in [3.05, 3.63) is 127 Å². The molecular weight excluding hydrogens is 1230 g/mol. The normalized spacial score (nSPS) is 19.2. The van der Waals surface area contributed by atoms with E-state index in [1.165, 1.54) is 10.6 Å². The summed E-state index contributed by atoms with van der Waals surface area (Å²) in [6.45, 7) is 17.0. The van der Waals surface area contributed by atoms with E-state index in [0.717, 1.165) is 66.5 Å². The van der Waals surface area contributed by atoms with Crippen molar-refractivity contribution >= 4 is 58.0 Å². The summed E-state index contributed by atoms with van der Waals surface area (Å²) in [6.07, 6.45) is 8.14. The highest BCUT2D eigenvalue weighted by atomic mass is 19.1. The fraction of sp³-hybridized carbons (Fsp3) is 0.539. The van der Waals surface area contributed by atoms with Crippen LogP contribution in [0.15, 0.2) is 65.5 Å². The lowest BCUT2D eigenvalue weighted by molar-refractivity contribution is -0.172. The number of nitrogens with two attached hydrogens (primary N) is 1. The molecule has 21 heteroatoms. The van der Waals surface area contributed by atoms with Crippen molar-refractivity contribution in [2.24, 2.45) is 28.4 Å². The molecule has 1 saturated carbocycles. The lowest BCUT2D eigenvalue weighted by atomic mass is 9.65. The number of pyridine rings is 2. The van der Waals surface area contributed by atoms with Gasteiger partial charge < -0.3 is 55.9 Å². The van der Waals surface area contributed by atoms with E-state index >= 15 is 4.39 Å². The Bertz CT molecular complexity index is 4060. The topological polar surface area (TPSA) is 274 Å². The second-order valence-electron chi connectivity index (χ2n) is 29.3. The molecule has 11 rings (SSSR count). The number of anilines is 1. The van der Waals surface area contributed by atoms with Crippen LogP contribution >= 0.6 is 0 Å². The largest absolute Gasteiger partial charge is 0.458 e. The van der Waals surface area contributed by atoms with Crippen molar-refractivity contribution < 1.29 is 52.5 Å². The summed E-state index contributed by atoms with van der Waals surface area (Å²) < 4.78 is 28.9. The predicted octanol–water partition coefficient (Wildman–Crippen LogP) is 8.63. The molecule has 7 N–H and O–H groups in total. The maximum atomic E-state index is 15.7. The van der Waals surface area contributed by atoms with Crippen LogP contribution < -0.4 is 37.5 Å². The Labute approximate surface area is 567 Å². The smallest absolute Gasteiger partial charge is 0.343 e. The molecule has 1 saturated heterocycles.